The summed E-state index contributed by atoms with van der Waals surface area (Å²) < 4.78 is 26.6. The standard InChI is InChI=1S/C15H20N6O3S/c1-4-9-16-25(23,24)13-7-5-12(6-8-13)10(2)18-20-15-17-14(22)11(3)19-21-15/h5-8,16H,4,9H2,1-3H3,(H2,17,20,21,22)/b18-10-. The lowest BCUT2D eigenvalue weighted by Gasteiger charge is -2.07. The molecule has 0 saturated carbocycles. The van der Waals surface area contributed by atoms with Gasteiger partial charge in [0.1, 0.15) is 5.69 Å². The number of anilines is 1. The van der Waals surface area contributed by atoms with Crippen LogP contribution in [0.2, 0.25) is 0 Å². The molecule has 0 aliphatic heterocycles. The fourth-order valence-corrected chi connectivity index (χ4v) is 2.97. The van der Waals surface area contributed by atoms with Crippen molar-refractivity contribution in [2.75, 3.05) is 12.0 Å². The van der Waals surface area contributed by atoms with Crippen LogP contribution in [-0.4, -0.2) is 35.9 Å². The molecule has 1 aromatic heterocycles. The van der Waals surface area contributed by atoms with E-state index in [1.54, 1.807) is 26.0 Å². The van der Waals surface area contributed by atoms with Gasteiger partial charge in [0.25, 0.3) is 5.56 Å². The first-order valence-electron chi connectivity index (χ1n) is 7.67. The van der Waals surface area contributed by atoms with Crippen molar-refractivity contribution in [3.8, 4) is 0 Å². The molecule has 0 amide bonds. The summed E-state index contributed by atoms with van der Waals surface area (Å²) in [6.07, 6.45) is 0.721. The Kier molecular flexibility index (Phi) is 5.99. The molecule has 25 heavy (non-hydrogen) atoms. The molecule has 1 aromatic carbocycles. The maximum atomic E-state index is 12.0. The minimum absolute atomic E-state index is 0.123. The number of aromatic amines is 1. The van der Waals surface area contributed by atoms with Gasteiger partial charge in [-0.05, 0) is 38.0 Å². The Morgan fingerprint density at radius 3 is 2.52 bits per heavy atom. The van der Waals surface area contributed by atoms with Gasteiger partial charge in [0.2, 0.25) is 16.0 Å². The maximum Gasteiger partial charge on any atom is 0.274 e. The minimum Gasteiger partial charge on any atom is -0.288 e. The third kappa shape index (κ3) is 4.94. The highest BCUT2D eigenvalue weighted by molar-refractivity contribution is 7.89. The molecule has 0 atom stereocenters. The van der Waals surface area contributed by atoms with Crippen LogP contribution < -0.4 is 15.7 Å². The summed E-state index contributed by atoms with van der Waals surface area (Å²) in [4.78, 5) is 14.1. The number of nitrogens with one attached hydrogen (secondary N) is 3. The summed E-state index contributed by atoms with van der Waals surface area (Å²) in [5.74, 6) is 0.123. The highest BCUT2D eigenvalue weighted by Crippen LogP contribution is 2.11. The Hall–Kier alpha value is -2.59. The SMILES string of the molecule is CCCNS(=O)(=O)c1ccc(/C(C)=N\Nc2nnc(C)c(=O)[nH]2)cc1. The zero-order valence-electron chi connectivity index (χ0n) is 14.2. The quantitative estimate of drug-likeness (QED) is 0.496. The van der Waals surface area contributed by atoms with E-state index >= 15 is 0 Å². The topological polar surface area (TPSA) is 129 Å². The Bertz CT molecular complexity index is 919. The Labute approximate surface area is 145 Å². The summed E-state index contributed by atoms with van der Waals surface area (Å²) in [7, 11) is -3.49. The molecular weight excluding hydrogens is 344 g/mol. The van der Waals surface area contributed by atoms with E-state index in [0.717, 1.165) is 12.0 Å². The largest absolute Gasteiger partial charge is 0.288 e. The smallest absolute Gasteiger partial charge is 0.274 e. The second-order valence-electron chi connectivity index (χ2n) is 5.32. The van der Waals surface area contributed by atoms with Crippen molar-refractivity contribution in [3.05, 3.63) is 45.9 Å². The van der Waals surface area contributed by atoms with Crippen LogP contribution >= 0.6 is 0 Å². The second kappa shape index (κ2) is 7.99. The summed E-state index contributed by atoms with van der Waals surface area (Å²) in [5, 5.41) is 11.6. The summed E-state index contributed by atoms with van der Waals surface area (Å²) in [6.45, 7) is 5.58. The number of sulfonamides is 1. The van der Waals surface area contributed by atoms with Gasteiger partial charge in [-0.25, -0.2) is 18.6 Å². The molecule has 2 rings (SSSR count). The van der Waals surface area contributed by atoms with E-state index in [-0.39, 0.29) is 22.1 Å². The van der Waals surface area contributed by atoms with Gasteiger partial charge in [-0.1, -0.05) is 19.1 Å². The van der Waals surface area contributed by atoms with Gasteiger partial charge < -0.3 is 0 Å². The summed E-state index contributed by atoms with van der Waals surface area (Å²) in [5.41, 5.74) is 3.85. The number of hydrogen-bond donors (Lipinski definition) is 3. The van der Waals surface area contributed by atoms with Crippen LogP contribution in [-0.2, 0) is 10.0 Å². The molecule has 0 spiro atoms. The van der Waals surface area contributed by atoms with Crippen molar-refractivity contribution in [3.63, 3.8) is 0 Å². The van der Waals surface area contributed by atoms with E-state index in [2.05, 4.69) is 30.4 Å². The molecule has 0 unspecified atom stereocenters. The Morgan fingerprint density at radius 1 is 1.24 bits per heavy atom. The zero-order valence-corrected chi connectivity index (χ0v) is 15.0. The lowest BCUT2D eigenvalue weighted by Crippen LogP contribution is -2.24. The number of H-pyrrole nitrogens is 1. The fourth-order valence-electron chi connectivity index (χ4n) is 1.84. The molecule has 134 valence electrons. The molecule has 9 nitrogen and oxygen atoms in total. The molecule has 2 aromatic rings. The number of rotatable bonds is 7. The molecule has 1 heterocycles. The van der Waals surface area contributed by atoms with Gasteiger partial charge in [-0.3, -0.25) is 9.78 Å². The van der Waals surface area contributed by atoms with Gasteiger partial charge in [0, 0.05) is 6.54 Å². The molecular formula is C15H20N6O3S. The summed E-state index contributed by atoms with van der Waals surface area (Å²) in [6, 6.07) is 6.34. The molecule has 3 N–H and O–H groups in total. The average molecular weight is 364 g/mol. The molecule has 0 aliphatic rings. The highest BCUT2D eigenvalue weighted by atomic mass is 32.2. The van der Waals surface area contributed by atoms with Gasteiger partial charge in [0.05, 0.1) is 10.6 Å². The number of hydrazone groups is 1. The molecule has 0 bridgehead atoms. The first kappa shape index (κ1) is 18.7. The fraction of sp³-hybridized carbons (Fsp3) is 0.333. The van der Waals surface area contributed by atoms with Gasteiger partial charge in [0.15, 0.2) is 0 Å². The number of aromatic nitrogens is 3. The van der Waals surface area contributed by atoms with Crippen LogP contribution in [0.4, 0.5) is 5.95 Å². The van der Waals surface area contributed by atoms with Crippen LogP contribution in [0.1, 0.15) is 31.5 Å². The minimum atomic E-state index is -3.49. The second-order valence-corrected chi connectivity index (χ2v) is 7.09. The monoisotopic (exact) mass is 364 g/mol. The van der Waals surface area contributed by atoms with Crippen LogP contribution in [0.3, 0.4) is 0 Å². The maximum absolute atomic E-state index is 12.0. The van der Waals surface area contributed by atoms with Gasteiger partial charge in [-0.15, -0.1) is 10.2 Å². The van der Waals surface area contributed by atoms with E-state index in [4.69, 9.17) is 0 Å². The zero-order chi connectivity index (χ0) is 18.4. The third-order valence-corrected chi connectivity index (χ3v) is 4.79. The van der Waals surface area contributed by atoms with Crippen molar-refractivity contribution in [2.45, 2.75) is 32.1 Å². The normalized spacial score (nSPS) is 12.2. The van der Waals surface area contributed by atoms with Crippen LogP contribution in [0.5, 0.6) is 0 Å². The van der Waals surface area contributed by atoms with Crippen LogP contribution in [0.25, 0.3) is 0 Å². The predicted octanol–water partition coefficient (Wildman–Crippen LogP) is 0.998. The Morgan fingerprint density at radius 2 is 1.92 bits per heavy atom. The molecule has 0 aliphatic carbocycles. The van der Waals surface area contributed by atoms with E-state index in [0.29, 0.717) is 12.3 Å². The van der Waals surface area contributed by atoms with E-state index < -0.39 is 10.0 Å². The number of nitrogens with zero attached hydrogens (tertiary/aromatic N) is 3. The van der Waals surface area contributed by atoms with Crippen molar-refractivity contribution >= 4 is 21.7 Å². The van der Waals surface area contributed by atoms with Gasteiger partial charge >= 0.3 is 0 Å². The summed E-state index contributed by atoms with van der Waals surface area (Å²) >= 11 is 0. The Balaban J connectivity index is 2.12. The number of benzene rings is 1. The van der Waals surface area contributed by atoms with Crippen molar-refractivity contribution < 1.29 is 8.42 Å². The lowest BCUT2D eigenvalue weighted by molar-refractivity contribution is 0.581. The van der Waals surface area contributed by atoms with Gasteiger partial charge in [-0.2, -0.15) is 5.10 Å². The lowest BCUT2D eigenvalue weighted by atomic mass is 10.1. The highest BCUT2D eigenvalue weighted by Gasteiger charge is 2.12. The first-order chi connectivity index (χ1) is 11.8. The van der Waals surface area contributed by atoms with E-state index in [1.807, 2.05) is 6.92 Å². The predicted molar refractivity (Wildman–Crippen MR) is 95.1 cm³/mol. The van der Waals surface area contributed by atoms with E-state index in [1.165, 1.54) is 12.1 Å². The third-order valence-electron chi connectivity index (χ3n) is 3.31. The molecule has 0 saturated heterocycles. The molecule has 10 heteroatoms. The molecule has 0 fully saturated rings. The number of aryl methyl sites for hydroxylation is 1. The van der Waals surface area contributed by atoms with Crippen LogP contribution in [0.15, 0.2) is 39.1 Å². The van der Waals surface area contributed by atoms with Crippen molar-refractivity contribution in [1.29, 1.82) is 0 Å². The average Bonchev–Trinajstić information content (AvgIpc) is 2.61. The van der Waals surface area contributed by atoms with Crippen LogP contribution in [0, 0.1) is 6.92 Å². The first-order valence-corrected chi connectivity index (χ1v) is 9.16. The van der Waals surface area contributed by atoms with Crippen molar-refractivity contribution in [2.24, 2.45) is 5.10 Å². The number of hydrogen-bond acceptors (Lipinski definition) is 7. The molecule has 0 radical (unpaired) electrons. The van der Waals surface area contributed by atoms with E-state index in [9.17, 15) is 13.2 Å². The van der Waals surface area contributed by atoms with Crippen molar-refractivity contribution in [1.82, 2.24) is 19.9 Å².